The van der Waals surface area contributed by atoms with E-state index in [0.29, 0.717) is 28.1 Å². The molecule has 0 radical (unpaired) electrons. The van der Waals surface area contributed by atoms with Crippen LogP contribution in [0.15, 0.2) is 91.5 Å². The van der Waals surface area contributed by atoms with Gasteiger partial charge in [0, 0.05) is 42.5 Å². The van der Waals surface area contributed by atoms with Gasteiger partial charge in [-0.05, 0) is 61.5 Å². The van der Waals surface area contributed by atoms with Crippen LogP contribution < -0.4 is 5.32 Å². The molecule has 5 heterocycles. The predicted molar refractivity (Wildman–Crippen MR) is 184 cm³/mol. The summed E-state index contributed by atoms with van der Waals surface area (Å²) < 4.78 is 4.66. The topological polar surface area (TPSA) is 191 Å². The van der Waals surface area contributed by atoms with E-state index < -0.39 is 23.1 Å². The Hall–Kier alpha value is -6.24. The molecular formula is C36H38N6O7. The normalized spacial score (nSPS) is 10.1. The minimum Gasteiger partial charge on any atom is -0.478 e. The molecule has 5 aromatic heterocycles. The number of hydrogen-bond acceptors (Lipinski definition) is 11. The number of carboxylic acids is 1. The van der Waals surface area contributed by atoms with E-state index in [1.807, 2.05) is 6.07 Å². The molecule has 5 rings (SSSR count). The first kappa shape index (κ1) is 38.9. The molecule has 0 saturated heterocycles. The molecule has 1 amide bonds. The molecule has 0 bridgehead atoms. The maximum Gasteiger partial charge on any atom is 0.379 e. The summed E-state index contributed by atoms with van der Waals surface area (Å²) in [6.45, 7) is 8.42. The third-order valence-corrected chi connectivity index (χ3v) is 6.19. The summed E-state index contributed by atoms with van der Waals surface area (Å²) in [5.74, 6) is -3.02. The van der Waals surface area contributed by atoms with Crippen molar-refractivity contribution in [2.75, 3.05) is 11.9 Å². The van der Waals surface area contributed by atoms with Crippen LogP contribution in [0.1, 0.15) is 73.2 Å². The summed E-state index contributed by atoms with van der Waals surface area (Å²) >= 11 is 0. The number of carbonyl (C=O) groups excluding carboxylic acids is 4. The summed E-state index contributed by atoms with van der Waals surface area (Å²) in [6, 6.07) is 18.5. The number of aromatic carboxylic acids is 1. The largest absolute Gasteiger partial charge is 0.478 e. The van der Waals surface area contributed by atoms with E-state index in [-0.39, 0.29) is 42.7 Å². The Bertz CT molecular complexity index is 1910. The Balaban J connectivity index is 0.000000269. The number of amides is 1. The zero-order valence-electron chi connectivity index (χ0n) is 27.0. The van der Waals surface area contributed by atoms with Gasteiger partial charge in [0.1, 0.15) is 11.5 Å². The highest BCUT2D eigenvalue weighted by Crippen LogP contribution is 2.22. The van der Waals surface area contributed by atoms with Gasteiger partial charge in [-0.3, -0.25) is 24.4 Å². The average molecular weight is 667 g/mol. The SMILES string of the molecule is C.CC(=O)c1ccccn1.CCOC(=O)C(=O)c1cccnc1NC(=O)C(C)(C)C.O=C(O)c1cc(-c2ccccn2)nc2ncccc12. The van der Waals surface area contributed by atoms with Gasteiger partial charge in [-0.2, -0.15) is 0 Å². The van der Waals surface area contributed by atoms with Gasteiger partial charge in [0.2, 0.25) is 5.91 Å². The predicted octanol–water partition coefficient (Wildman–Crippen LogP) is 6.12. The maximum atomic E-state index is 11.9. The van der Waals surface area contributed by atoms with Gasteiger partial charge in [0.05, 0.1) is 29.1 Å². The lowest BCUT2D eigenvalue weighted by atomic mass is 9.95. The summed E-state index contributed by atoms with van der Waals surface area (Å²) in [5.41, 5.74) is 1.62. The molecule has 5 aromatic rings. The molecule has 0 spiro atoms. The van der Waals surface area contributed by atoms with Crippen LogP contribution >= 0.6 is 0 Å². The molecule has 0 atom stereocenters. The highest BCUT2D eigenvalue weighted by Gasteiger charge is 2.26. The van der Waals surface area contributed by atoms with Gasteiger partial charge in [0.15, 0.2) is 11.4 Å². The van der Waals surface area contributed by atoms with Crippen LogP contribution in [-0.4, -0.2) is 66.0 Å². The lowest BCUT2D eigenvalue weighted by Gasteiger charge is -2.18. The van der Waals surface area contributed by atoms with E-state index in [4.69, 9.17) is 0 Å². The molecule has 49 heavy (non-hydrogen) atoms. The standard InChI is InChI=1S/C14H9N3O2.C14H18N2O4.C7H7NO.CH4/c18-14(19)10-8-12(11-5-1-2-6-15-11)17-13-9(10)4-3-7-16-13;1-5-20-12(18)10(17)9-7-6-8-15-11(9)16-13(19)14(2,3)4;1-6(9)7-4-2-3-5-8-7;/h1-8H,(H,18,19);6-8H,5H2,1-4H3,(H,15,16,19);2-5H,1H3;1H4. The molecule has 13 heteroatoms. The fourth-order valence-corrected chi connectivity index (χ4v) is 3.74. The molecule has 0 unspecified atom stereocenters. The molecule has 0 saturated carbocycles. The highest BCUT2D eigenvalue weighted by molar-refractivity contribution is 6.41. The number of ketones is 2. The van der Waals surface area contributed by atoms with Crippen molar-refractivity contribution in [2.24, 2.45) is 5.41 Å². The van der Waals surface area contributed by atoms with Gasteiger partial charge in [-0.1, -0.05) is 40.3 Å². The number of anilines is 1. The molecule has 13 nitrogen and oxygen atoms in total. The fourth-order valence-electron chi connectivity index (χ4n) is 3.74. The molecule has 0 aliphatic carbocycles. The molecule has 0 aromatic carbocycles. The third kappa shape index (κ3) is 11.2. The van der Waals surface area contributed by atoms with E-state index in [0.717, 1.165) is 0 Å². The number of carboxylic acid groups (broad SMARTS) is 1. The first-order valence-corrected chi connectivity index (χ1v) is 14.6. The second-order valence-corrected chi connectivity index (χ2v) is 10.9. The Morgan fingerprint density at radius 1 is 0.776 bits per heavy atom. The average Bonchev–Trinajstić information content (AvgIpc) is 3.08. The van der Waals surface area contributed by atoms with Crippen molar-refractivity contribution >= 4 is 46.3 Å². The third-order valence-electron chi connectivity index (χ3n) is 6.19. The molecule has 0 aliphatic rings. The zero-order chi connectivity index (χ0) is 35.3. The second kappa shape index (κ2) is 18.2. The number of Topliss-reactive ketones (excluding diaryl/α,β-unsaturated/α-hetero) is 2. The van der Waals surface area contributed by atoms with Crippen LogP contribution in [0.4, 0.5) is 5.82 Å². The van der Waals surface area contributed by atoms with E-state index >= 15 is 0 Å². The minimum atomic E-state index is -1.00. The lowest BCUT2D eigenvalue weighted by Crippen LogP contribution is -2.29. The second-order valence-electron chi connectivity index (χ2n) is 10.9. The number of aromatic nitrogens is 5. The first-order chi connectivity index (χ1) is 22.8. The number of ether oxygens (including phenoxy) is 1. The Labute approximate surface area is 283 Å². The quantitative estimate of drug-likeness (QED) is 0.115. The smallest absolute Gasteiger partial charge is 0.379 e. The summed E-state index contributed by atoms with van der Waals surface area (Å²) in [5, 5.41) is 12.4. The van der Waals surface area contributed by atoms with Crippen molar-refractivity contribution in [3.63, 3.8) is 0 Å². The Morgan fingerprint density at radius 2 is 1.41 bits per heavy atom. The van der Waals surface area contributed by atoms with Crippen molar-refractivity contribution < 1.29 is 33.8 Å². The van der Waals surface area contributed by atoms with Gasteiger partial charge >= 0.3 is 11.9 Å². The molecule has 2 N–H and O–H groups in total. The van der Waals surface area contributed by atoms with Crippen LogP contribution in [0, 0.1) is 5.41 Å². The number of esters is 1. The first-order valence-electron chi connectivity index (χ1n) is 14.6. The van der Waals surface area contributed by atoms with Gasteiger partial charge in [0.25, 0.3) is 5.78 Å². The van der Waals surface area contributed by atoms with Crippen LogP contribution in [0.2, 0.25) is 0 Å². The van der Waals surface area contributed by atoms with Gasteiger partial charge in [-0.25, -0.2) is 24.5 Å². The van der Waals surface area contributed by atoms with Gasteiger partial charge < -0.3 is 15.2 Å². The number of carbonyl (C=O) groups is 5. The van der Waals surface area contributed by atoms with Crippen LogP contribution in [0.3, 0.4) is 0 Å². The van der Waals surface area contributed by atoms with E-state index in [9.17, 15) is 29.1 Å². The number of nitrogens with zero attached hydrogens (tertiary/aromatic N) is 5. The highest BCUT2D eigenvalue weighted by atomic mass is 16.5. The summed E-state index contributed by atoms with van der Waals surface area (Å²) in [7, 11) is 0. The molecular weight excluding hydrogens is 628 g/mol. The Kier molecular flexibility index (Phi) is 14.5. The van der Waals surface area contributed by atoms with Crippen LogP contribution in [0.25, 0.3) is 22.4 Å². The molecule has 254 valence electrons. The van der Waals surface area contributed by atoms with Crippen molar-refractivity contribution in [3.8, 4) is 11.4 Å². The monoisotopic (exact) mass is 666 g/mol. The van der Waals surface area contributed by atoms with Crippen molar-refractivity contribution in [1.29, 1.82) is 0 Å². The summed E-state index contributed by atoms with van der Waals surface area (Å²) in [4.78, 5) is 77.6. The number of nitrogens with one attached hydrogen (secondary N) is 1. The summed E-state index contributed by atoms with van der Waals surface area (Å²) in [6.07, 6.45) is 6.26. The number of fused-ring (bicyclic) bond motifs is 1. The molecule has 0 fully saturated rings. The molecule has 0 aliphatic heterocycles. The van der Waals surface area contributed by atoms with Crippen LogP contribution in [-0.2, 0) is 14.3 Å². The number of pyridine rings is 5. The zero-order valence-corrected chi connectivity index (χ0v) is 27.0. The van der Waals surface area contributed by atoms with Crippen molar-refractivity contribution in [1.82, 2.24) is 24.9 Å². The van der Waals surface area contributed by atoms with Crippen molar-refractivity contribution in [2.45, 2.75) is 42.0 Å². The van der Waals surface area contributed by atoms with E-state index in [2.05, 4.69) is 35.0 Å². The minimum absolute atomic E-state index is 0. The fraction of sp³-hybridized carbons (Fsp3) is 0.222. The van der Waals surface area contributed by atoms with Crippen LogP contribution in [0.5, 0.6) is 0 Å². The Morgan fingerprint density at radius 3 is 1.96 bits per heavy atom. The number of rotatable bonds is 7. The van der Waals surface area contributed by atoms with E-state index in [1.165, 1.54) is 31.3 Å². The maximum absolute atomic E-state index is 11.9. The van der Waals surface area contributed by atoms with Crippen molar-refractivity contribution in [3.05, 3.63) is 108 Å². The number of hydrogen-bond donors (Lipinski definition) is 2. The lowest BCUT2D eigenvalue weighted by molar-refractivity contribution is -0.137. The van der Waals surface area contributed by atoms with E-state index in [1.54, 1.807) is 88.8 Å². The van der Waals surface area contributed by atoms with Gasteiger partial charge in [-0.15, -0.1) is 0 Å².